The molecule has 1 amide bonds. The maximum Gasteiger partial charge on any atom is 0.329 e. The number of carbonyl (C=O) groups excluding carboxylic acids is 1. The van der Waals surface area contributed by atoms with E-state index in [0.717, 1.165) is 16.6 Å². The molecule has 0 aliphatic heterocycles. The van der Waals surface area contributed by atoms with Crippen LogP contribution < -0.4 is 11.0 Å². The largest absolute Gasteiger partial charge is 0.350 e. The van der Waals surface area contributed by atoms with Gasteiger partial charge in [-0.15, -0.1) is 0 Å². The van der Waals surface area contributed by atoms with Crippen LogP contribution in [-0.2, 0) is 24.4 Å². The van der Waals surface area contributed by atoms with E-state index in [0.29, 0.717) is 18.1 Å². The molecule has 3 rings (SSSR count). The smallest absolute Gasteiger partial charge is 0.329 e. The molecular formula is C18H18ClN3O2. The topological polar surface area (TPSA) is 56.0 Å². The maximum absolute atomic E-state index is 12.5. The Morgan fingerprint density at radius 1 is 1.04 bits per heavy atom. The third-order valence-electron chi connectivity index (χ3n) is 3.98. The second-order valence-electron chi connectivity index (χ2n) is 5.47. The number of aryl methyl sites for hydroxylation is 1. The summed E-state index contributed by atoms with van der Waals surface area (Å²) in [4.78, 5) is 24.8. The molecule has 6 heteroatoms. The normalized spacial score (nSPS) is 10.9. The van der Waals surface area contributed by atoms with Crippen LogP contribution >= 0.6 is 11.6 Å². The fourth-order valence-electron chi connectivity index (χ4n) is 2.77. The zero-order chi connectivity index (χ0) is 17.1. The minimum Gasteiger partial charge on any atom is -0.350 e. The Kier molecular flexibility index (Phi) is 4.71. The molecule has 0 bridgehead atoms. The highest BCUT2D eigenvalue weighted by Gasteiger charge is 2.14. The highest BCUT2D eigenvalue weighted by molar-refractivity contribution is 6.31. The first-order chi connectivity index (χ1) is 11.6. The summed E-state index contributed by atoms with van der Waals surface area (Å²) < 4.78 is 3.16. The van der Waals surface area contributed by atoms with E-state index in [1.165, 1.54) is 4.57 Å². The molecule has 0 spiro atoms. The number of nitrogens with one attached hydrogen (secondary N) is 1. The summed E-state index contributed by atoms with van der Waals surface area (Å²) in [6.07, 6.45) is 0. The number of carbonyl (C=O) groups is 1. The lowest BCUT2D eigenvalue weighted by Gasteiger charge is -2.07. The minimum atomic E-state index is -0.226. The van der Waals surface area contributed by atoms with Gasteiger partial charge in [0.2, 0.25) is 5.91 Å². The van der Waals surface area contributed by atoms with Crippen LogP contribution in [0.3, 0.4) is 0 Å². The van der Waals surface area contributed by atoms with Crippen LogP contribution in [-0.4, -0.2) is 15.0 Å². The van der Waals surface area contributed by atoms with Gasteiger partial charge in [0.05, 0.1) is 11.0 Å². The molecule has 0 unspecified atom stereocenters. The minimum absolute atomic E-state index is 0.0171. The molecule has 3 aromatic rings. The van der Waals surface area contributed by atoms with Gasteiger partial charge >= 0.3 is 5.69 Å². The summed E-state index contributed by atoms with van der Waals surface area (Å²) in [6.45, 7) is 2.79. The molecule has 124 valence electrons. The van der Waals surface area contributed by atoms with Crippen molar-refractivity contribution in [2.24, 2.45) is 0 Å². The highest BCUT2D eigenvalue weighted by atomic mass is 35.5. The molecule has 0 saturated carbocycles. The number of rotatable bonds is 5. The van der Waals surface area contributed by atoms with E-state index in [-0.39, 0.29) is 18.1 Å². The van der Waals surface area contributed by atoms with Crippen LogP contribution in [0.15, 0.2) is 53.3 Å². The summed E-state index contributed by atoms with van der Waals surface area (Å²) in [5, 5.41) is 3.42. The van der Waals surface area contributed by atoms with Crippen molar-refractivity contribution in [3.63, 3.8) is 0 Å². The Morgan fingerprint density at radius 2 is 1.67 bits per heavy atom. The Hall–Kier alpha value is -2.53. The molecule has 0 atom stereocenters. The van der Waals surface area contributed by atoms with Crippen LogP contribution in [0.2, 0.25) is 5.02 Å². The summed E-state index contributed by atoms with van der Waals surface area (Å²) >= 11 is 6.08. The van der Waals surface area contributed by atoms with Crippen LogP contribution in [0.4, 0.5) is 0 Å². The molecule has 0 fully saturated rings. The van der Waals surface area contributed by atoms with Crippen molar-refractivity contribution in [2.45, 2.75) is 26.6 Å². The van der Waals surface area contributed by atoms with E-state index in [1.54, 1.807) is 10.6 Å². The van der Waals surface area contributed by atoms with Gasteiger partial charge in [0.25, 0.3) is 0 Å². The molecule has 0 radical (unpaired) electrons. The Bertz CT molecular complexity index is 943. The standard InChI is InChI=1S/C18H18ClN3O2/c1-2-21-15-9-5-6-10-16(15)22(18(21)24)12-17(23)20-11-13-7-3-4-8-14(13)19/h3-10H,2,11-12H2,1H3,(H,20,23). The number of imidazole rings is 1. The molecule has 1 N–H and O–H groups in total. The fourth-order valence-corrected chi connectivity index (χ4v) is 2.97. The number of aromatic nitrogens is 2. The van der Waals surface area contributed by atoms with Gasteiger partial charge in [-0.05, 0) is 30.7 Å². The number of halogens is 1. The lowest BCUT2D eigenvalue weighted by Crippen LogP contribution is -2.32. The van der Waals surface area contributed by atoms with E-state index >= 15 is 0 Å². The monoisotopic (exact) mass is 343 g/mol. The number of hydrogen-bond acceptors (Lipinski definition) is 2. The molecule has 24 heavy (non-hydrogen) atoms. The van der Waals surface area contributed by atoms with Crippen molar-refractivity contribution in [3.8, 4) is 0 Å². The van der Waals surface area contributed by atoms with Crippen LogP contribution in [0.1, 0.15) is 12.5 Å². The van der Waals surface area contributed by atoms with Gasteiger partial charge in [-0.1, -0.05) is 41.9 Å². The number of para-hydroxylation sites is 2. The van der Waals surface area contributed by atoms with Crippen molar-refractivity contribution in [1.82, 2.24) is 14.5 Å². The Morgan fingerprint density at radius 3 is 2.33 bits per heavy atom. The molecule has 5 nitrogen and oxygen atoms in total. The Labute approximate surface area is 144 Å². The Balaban J connectivity index is 1.80. The third kappa shape index (κ3) is 3.08. The van der Waals surface area contributed by atoms with Gasteiger partial charge in [0, 0.05) is 18.1 Å². The quantitative estimate of drug-likeness (QED) is 0.774. The van der Waals surface area contributed by atoms with Gasteiger partial charge < -0.3 is 5.32 Å². The average Bonchev–Trinajstić information content (AvgIpc) is 2.86. The van der Waals surface area contributed by atoms with Crippen molar-refractivity contribution >= 4 is 28.5 Å². The van der Waals surface area contributed by atoms with Crippen molar-refractivity contribution in [2.75, 3.05) is 0 Å². The first-order valence-corrected chi connectivity index (χ1v) is 8.17. The van der Waals surface area contributed by atoms with Crippen LogP contribution in [0, 0.1) is 0 Å². The molecular weight excluding hydrogens is 326 g/mol. The summed E-state index contributed by atoms with van der Waals surface area (Å²) in [6, 6.07) is 14.8. The highest BCUT2D eigenvalue weighted by Crippen LogP contribution is 2.15. The van der Waals surface area contributed by atoms with E-state index in [2.05, 4.69) is 5.32 Å². The van der Waals surface area contributed by atoms with Crippen molar-refractivity contribution in [1.29, 1.82) is 0 Å². The van der Waals surface area contributed by atoms with E-state index in [1.807, 2.05) is 49.4 Å². The lowest BCUT2D eigenvalue weighted by molar-refractivity contribution is -0.121. The first kappa shape index (κ1) is 16.3. The summed E-state index contributed by atoms with van der Waals surface area (Å²) in [5.41, 5.74) is 2.27. The lowest BCUT2D eigenvalue weighted by atomic mass is 10.2. The number of nitrogens with zero attached hydrogens (tertiary/aromatic N) is 2. The van der Waals surface area contributed by atoms with Gasteiger partial charge in [-0.3, -0.25) is 13.9 Å². The second-order valence-corrected chi connectivity index (χ2v) is 5.88. The molecule has 1 aromatic heterocycles. The van der Waals surface area contributed by atoms with E-state index < -0.39 is 0 Å². The van der Waals surface area contributed by atoms with E-state index in [4.69, 9.17) is 11.6 Å². The summed E-state index contributed by atoms with van der Waals surface area (Å²) in [7, 11) is 0. The molecule has 2 aromatic carbocycles. The molecule has 0 aliphatic rings. The van der Waals surface area contributed by atoms with Gasteiger partial charge in [-0.2, -0.15) is 0 Å². The molecule has 0 saturated heterocycles. The van der Waals surface area contributed by atoms with Crippen molar-refractivity contribution in [3.05, 3.63) is 69.6 Å². The van der Waals surface area contributed by atoms with Crippen molar-refractivity contribution < 1.29 is 4.79 Å². The maximum atomic E-state index is 12.5. The van der Waals surface area contributed by atoms with Gasteiger partial charge in [0.15, 0.2) is 0 Å². The predicted octanol–water partition coefficient (Wildman–Crippen LogP) is 2.79. The van der Waals surface area contributed by atoms with E-state index in [9.17, 15) is 9.59 Å². The SMILES string of the molecule is CCn1c(=O)n(CC(=O)NCc2ccccc2Cl)c2ccccc21. The zero-order valence-electron chi connectivity index (χ0n) is 13.3. The average molecular weight is 344 g/mol. The van der Waals surface area contributed by atoms with Gasteiger partial charge in [-0.25, -0.2) is 4.79 Å². The van der Waals surface area contributed by atoms with Gasteiger partial charge in [0.1, 0.15) is 6.54 Å². The predicted molar refractivity (Wildman–Crippen MR) is 95.2 cm³/mol. The second kappa shape index (κ2) is 6.93. The first-order valence-electron chi connectivity index (χ1n) is 7.80. The number of amides is 1. The number of benzene rings is 2. The van der Waals surface area contributed by atoms with Crippen LogP contribution in [0.5, 0.6) is 0 Å². The number of fused-ring (bicyclic) bond motifs is 1. The number of hydrogen-bond donors (Lipinski definition) is 1. The summed E-state index contributed by atoms with van der Waals surface area (Å²) in [5.74, 6) is -0.226. The fraction of sp³-hybridized carbons (Fsp3) is 0.222. The zero-order valence-corrected chi connectivity index (χ0v) is 14.1. The molecule has 0 aliphatic carbocycles. The van der Waals surface area contributed by atoms with Crippen LogP contribution in [0.25, 0.3) is 11.0 Å². The third-order valence-corrected chi connectivity index (χ3v) is 4.35. The molecule has 1 heterocycles.